The maximum Gasteiger partial charge on any atom is 0.0330 e. The standard InChI is InChI=1S/C7H11NS/c1-3-6-9-7-5-8-4-2/h3-7H,1-2H3. The zero-order chi connectivity index (χ0) is 6.95. The van der Waals surface area contributed by atoms with Crippen LogP contribution in [0.15, 0.2) is 28.1 Å². The summed E-state index contributed by atoms with van der Waals surface area (Å²) in [6.45, 7) is 3.88. The number of allylic oxidation sites excluding steroid dienone is 1. The molecule has 0 saturated heterocycles. The van der Waals surface area contributed by atoms with Crippen LogP contribution in [0.2, 0.25) is 0 Å². The van der Waals surface area contributed by atoms with Crippen molar-refractivity contribution in [2.75, 3.05) is 0 Å². The number of nitrogens with zero attached hydrogens (tertiary/aromatic N) is 1. The molecule has 0 aliphatic carbocycles. The van der Waals surface area contributed by atoms with Gasteiger partial charge in [0, 0.05) is 12.4 Å². The minimum atomic E-state index is 1.62. The first-order valence-corrected chi connectivity index (χ1v) is 3.75. The average molecular weight is 141 g/mol. The van der Waals surface area contributed by atoms with E-state index in [1.165, 1.54) is 0 Å². The highest BCUT2D eigenvalue weighted by Gasteiger charge is 1.64. The fourth-order valence-electron chi connectivity index (χ4n) is 0.280. The van der Waals surface area contributed by atoms with E-state index in [4.69, 9.17) is 0 Å². The summed E-state index contributed by atoms with van der Waals surface area (Å²) < 4.78 is 0. The van der Waals surface area contributed by atoms with Gasteiger partial charge in [0.1, 0.15) is 0 Å². The van der Waals surface area contributed by atoms with Crippen molar-refractivity contribution in [3.8, 4) is 0 Å². The number of thioether (sulfide) groups is 1. The third-order valence-electron chi connectivity index (χ3n) is 0.589. The van der Waals surface area contributed by atoms with Crippen molar-refractivity contribution < 1.29 is 0 Å². The van der Waals surface area contributed by atoms with Crippen molar-refractivity contribution in [3.63, 3.8) is 0 Å². The van der Waals surface area contributed by atoms with Crippen LogP contribution in [0.3, 0.4) is 0 Å². The van der Waals surface area contributed by atoms with Gasteiger partial charge in [-0.1, -0.05) is 6.08 Å². The van der Waals surface area contributed by atoms with E-state index < -0.39 is 0 Å². The molecule has 0 fully saturated rings. The molecule has 0 rings (SSSR count). The molecule has 0 N–H and O–H groups in total. The van der Waals surface area contributed by atoms with Crippen LogP contribution < -0.4 is 0 Å². The van der Waals surface area contributed by atoms with Crippen molar-refractivity contribution in [1.29, 1.82) is 0 Å². The second kappa shape index (κ2) is 7.50. The van der Waals surface area contributed by atoms with Gasteiger partial charge in [-0.3, -0.25) is 4.99 Å². The van der Waals surface area contributed by atoms with Gasteiger partial charge in [0.25, 0.3) is 0 Å². The summed E-state index contributed by atoms with van der Waals surface area (Å²) in [7, 11) is 0. The maximum atomic E-state index is 3.88. The van der Waals surface area contributed by atoms with Gasteiger partial charge in [0.15, 0.2) is 0 Å². The summed E-state index contributed by atoms with van der Waals surface area (Å²) in [5, 5.41) is 3.93. The Bertz CT molecular complexity index is 125. The lowest BCUT2D eigenvalue weighted by Crippen LogP contribution is -1.51. The van der Waals surface area contributed by atoms with Crippen LogP contribution in [-0.2, 0) is 0 Å². The molecule has 50 valence electrons. The highest BCUT2D eigenvalue weighted by molar-refractivity contribution is 8.04. The molecule has 0 atom stereocenters. The summed E-state index contributed by atoms with van der Waals surface area (Å²) >= 11 is 1.62. The molecule has 0 spiro atoms. The Labute approximate surface area is 60.6 Å². The average Bonchev–Trinajstić information content (AvgIpc) is 1.89. The number of hydrogen-bond acceptors (Lipinski definition) is 2. The quantitative estimate of drug-likeness (QED) is 0.550. The molecule has 0 bridgehead atoms. The van der Waals surface area contributed by atoms with Crippen LogP contribution in [0.25, 0.3) is 0 Å². The van der Waals surface area contributed by atoms with Crippen LogP contribution >= 0.6 is 11.8 Å². The fourth-order valence-corrected chi connectivity index (χ4v) is 0.669. The lowest BCUT2D eigenvalue weighted by atomic mass is 10.8. The van der Waals surface area contributed by atoms with Crippen LogP contribution in [0.5, 0.6) is 0 Å². The SMILES string of the molecule is CC=CSC=CN=CC. The largest absolute Gasteiger partial charge is 0.269 e. The first-order chi connectivity index (χ1) is 4.41. The molecular formula is C7H11NS. The second-order valence-corrected chi connectivity index (χ2v) is 2.11. The Balaban J connectivity index is 3.25. The molecule has 0 aromatic carbocycles. The molecular weight excluding hydrogens is 130 g/mol. The topological polar surface area (TPSA) is 12.4 Å². The monoisotopic (exact) mass is 141 g/mol. The van der Waals surface area contributed by atoms with E-state index >= 15 is 0 Å². The molecule has 0 unspecified atom stereocenters. The van der Waals surface area contributed by atoms with Gasteiger partial charge in [0.2, 0.25) is 0 Å². The van der Waals surface area contributed by atoms with Crippen LogP contribution in [0, 0.1) is 0 Å². The fraction of sp³-hybridized carbons (Fsp3) is 0.286. The Morgan fingerprint density at radius 2 is 2.00 bits per heavy atom. The Morgan fingerprint density at radius 1 is 1.22 bits per heavy atom. The summed E-state index contributed by atoms with van der Waals surface area (Å²) in [6, 6.07) is 0. The zero-order valence-corrected chi connectivity index (χ0v) is 6.56. The summed E-state index contributed by atoms with van der Waals surface area (Å²) in [5.41, 5.74) is 0. The molecule has 0 heterocycles. The maximum absolute atomic E-state index is 3.88. The predicted molar refractivity (Wildman–Crippen MR) is 45.7 cm³/mol. The van der Waals surface area contributed by atoms with Gasteiger partial charge in [-0.05, 0) is 24.7 Å². The molecule has 0 aliphatic heterocycles. The lowest BCUT2D eigenvalue weighted by molar-refractivity contribution is 1.60. The van der Waals surface area contributed by atoms with E-state index in [9.17, 15) is 0 Å². The molecule has 0 saturated carbocycles. The predicted octanol–water partition coefficient (Wildman–Crippen LogP) is 2.82. The van der Waals surface area contributed by atoms with Gasteiger partial charge in [0.05, 0.1) is 0 Å². The number of rotatable bonds is 3. The zero-order valence-electron chi connectivity index (χ0n) is 5.74. The van der Waals surface area contributed by atoms with E-state index in [0.717, 1.165) is 0 Å². The summed E-state index contributed by atoms with van der Waals surface area (Å²) in [6.07, 6.45) is 5.52. The molecule has 9 heavy (non-hydrogen) atoms. The van der Waals surface area contributed by atoms with E-state index in [1.54, 1.807) is 24.2 Å². The number of hydrogen-bond donors (Lipinski definition) is 0. The highest BCUT2D eigenvalue weighted by atomic mass is 32.2. The van der Waals surface area contributed by atoms with E-state index in [0.29, 0.717) is 0 Å². The molecule has 0 aliphatic rings. The first-order valence-electron chi connectivity index (χ1n) is 2.81. The van der Waals surface area contributed by atoms with Crippen LogP contribution in [-0.4, -0.2) is 6.21 Å². The second-order valence-electron chi connectivity index (χ2n) is 1.30. The lowest BCUT2D eigenvalue weighted by Gasteiger charge is -1.75. The van der Waals surface area contributed by atoms with E-state index in [1.807, 2.05) is 30.7 Å². The Kier molecular flexibility index (Phi) is 7.08. The minimum absolute atomic E-state index is 1.62. The van der Waals surface area contributed by atoms with Crippen molar-refractivity contribution in [2.24, 2.45) is 4.99 Å². The number of aliphatic imine (C=N–C) groups is 1. The van der Waals surface area contributed by atoms with Gasteiger partial charge < -0.3 is 0 Å². The third kappa shape index (κ3) is 7.50. The van der Waals surface area contributed by atoms with Crippen molar-refractivity contribution >= 4 is 18.0 Å². The minimum Gasteiger partial charge on any atom is -0.269 e. The normalized spacial score (nSPS) is 12.7. The molecule has 1 nitrogen and oxygen atoms in total. The van der Waals surface area contributed by atoms with Crippen molar-refractivity contribution in [3.05, 3.63) is 23.1 Å². The Hall–Kier alpha value is -0.500. The highest BCUT2D eigenvalue weighted by Crippen LogP contribution is 2.02. The summed E-state index contributed by atoms with van der Waals surface area (Å²) in [5.74, 6) is 0. The van der Waals surface area contributed by atoms with Crippen molar-refractivity contribution in [2.45, 2.75) is 13.8 Å². The first kappa shape index (κ1) is 8.50. The smallest absolute Gasteiger partial charge is 0.0330 e. The molecule has 0 amide bonds. The third-order valence-corrected chi connectivity index (χ3v) is 1.30. The molecule has 0 radical (unpaired) electrons. The van der Waals surface area contributed by atoms with E-state index in [-0.39, 0.29) is 0 Å². The van der Waals surface area contributed by atoms with E-state index in [2.05, 4.69) is 4.99 Å². The van der Waals surface area contributed by atoms with Crippen LogP contribution in [0.1, 0.15) is 13.8 Å². The van der Waals surface area contributed by atoms with Gasteiger partial charge in [-0.15, -0.1) is 11.8 Å². The van der Waals surface area contributed by atoms with Gasteiger partial charge in [-0.25, -0.2) is 0 Å². The van der Waals surface area contributed by atoms with Crippen molar-refractivity contribution in [1.82, 2.24) is 0 Å². The summed E-state index contributed by atoms with van der Waals surface area (Å²) in [4.78, 5) is 3.88. The molecule has 0 aromatic rings. The van der Waals surface area contributed by atoms with Gasteiger partial charge >= 0.3 is 0 Å². The molecule has 0 aromatic heterocycles. The van der Waals surface area contributed by atoms with Gasteiger partial charge in [-0.2, -0.15) is 0 Å². The van der Waals surface area contributed by atoms with Crippen LogP contribution in [0.4, 0.5) is 0 Å². The molecule has 2 heteroatoms. The Morgan fingerprint density at radius 3 is 2.56 bits per heavy atom.